The fraction of sp³-hybridized carbons (Fsp3) is 0.300. The highest BCUT2D eigenvalue weighted by molar-refractivity contribution is 6.33. The highest BCUT2D eigenvalue weighted by Gasteiger charge is 2.15. The second-order valence-corrected chi connectivity index (χ2v) is 6.59. The molecule has 27 heavy (non-hydrogen) atoms. The number of benzene rings is 2. The van der Waals surface area contributed by atoms with E-state index in [0.29, 0.717) is 33.8 Å². The van der Waals surface area contributed by atoms with E-state index in [4.69, 9.17) is 25.8 Å². The van der Waals surface area contributed by atoms with Crippen molar-refractivity contribution >= 4 is 23.7 Å². The number of hydrogen-bond donors (Lipinski definition) is 1. The first-order valence-corrected chi connectivity index (χ1v) is 9.08. The molecule has 0 bridgehead atoms. The molecule has 1 N–H and O–H groups in total. The Morgan fingerprint density at radius 3 is 2.70 bits per heavy atom. The van der Waals surface area contributed by atoms with Crippen LogP contribution in [0, 0.1) is 0 Å². The zero-order valence-corrected chi connectivity index (χ0v) is 16.0. The largest absolute Gasteiger partial charge is 0.484 e. The van der Waals surface area contributed by atoms with E-state index in [0.717, 1.165) is 6.42 Å². The fourth-order valence-corrected chi connectivity index (χ4v) is 2.72. The number of carbonyl (C=O) groups is 1. The van der Waals surface area contributed by atoms with E-state index in [1.807, 2.05) is 24.3 Å². The van der Waals surface area contributed by atoms with Gasteiger partial charge in [0.15, 0.2) is 18.1 Å². The second kappa shape index (κ2) is 8.77. The van der Waals surface area contributed by atoms with E-state index < -0.39 is 0 Å². The average molecular weight is 389 g/mol. The maximum Gasteiger partial charge on any atom is 0.277 e. The molecule has 0 aliphatic carbocycles. The molecule has 0 aromatic heterocycles. The van der Waals surface area contributed by atoms with Gasteiger partial charge in [-0.3, -0.25) is 4.79 Å². The molecule has 1 amide bonds. The zero-order valence-electron chi connectivity index (χ0n) is 15.2. The molecule has 7 heteroatoms. The van der Waals surface area contributed by atoms with Crippen LogP contribution >= 0.6 is 11.6 Å². The van der Waals surface area contributed by atoms with Gasteiger partial charge in [-0.1, -0.05) is 37.6 Å². The molecular formula is C20H21ClN2O4. The Morgan fingerprint density at radius 2 is 2.00 bits per heavy atom. The molecule has 0 saturated heterocycles. The molecule has 0 unspecified atom stereocenters. The van der Waals surface area contributed by atoms with Crippen LogP contribution in [0.3, 0.4) is 0 Å². The Kier molecular flexibility index (Phi) is 6.19. The third kappa shape index (κ3) is 4.92. The third-order valence-corrected chi connectivity index (χ3v) is 4.64. The van der Waals surface area contributed by atoms with Crippen molar-refractivity contribution in [3.05, 3.63) is 52.5 Å². The molecule has 2 aromatic rings. The molecule has 0 fully saturated rings. The van der Waals surface area contributed by atoms with E-state index in [1.165, 1.54) is 11.8 Å². The van der Waals surface area contributed by atoms with Crippen LogP contribution in [-0.4, -0.2) is 25.5 Å². The molecule has 1 aliphatic heterocycles. The maximum atomic E-state index is 11.9. The lowest BCUT2D eigenvalue weighted by molar-refractivity contribution is -0.123. The van der Waals surface area contributed by atoms with Gasteiger partial charge in [0.1, 0.15) is 5.75 Å². The van der Waals surface area contributed by atoms with Crippen molar-refractivity contribution in [1.82, 2.24) is 5.43 Å². The SMILES string of the molecule is CC[C@H](C)c1ccc(OCC(=O)N/N=C\c2cc3c(cc2Cl)OCO3)cc1. The Hall–Kier alpha value is -2.73. The molecule has 2 aromatic carbocycles. The van der Waals surface area contributed by atoms with Gasteiger partial charge in [-0.15, -0.1) is 0 Å². The zero-order chi connectivity index (χ0) is 19.2. The van der Waals surface area contributed by atoms with Gasteiger partial charge >= 0.3 is 0 Å². The Labute approximate surface area is 163 Å². The van der Waals surface area contributed by atoms with Crippen LogP contribution in [0.2, 0.25) is 5.02 Å². The number of carbonyl (C=O) groups excluding carboxylic acids is 1. The quantitative estimate of drug-likeness (QED) is 0.572. The standard InChI is InChI=1S/C20H21ClN2O4/c1-3-13(2)14-4-6-16(7-5-14)25-11-20(24)23-22-10-15-8-18-19(9-17(15)21)27-12-26-18/h4-10,13H,3,11-12H2,1-2H3,(H,23,24)/b22-10-/t13-/m0/s1. The van der Waals surface area contributed by atoms with Gasteiger partial charge < -0.3 is 14.2 Å². The van der Waals surface area contributed by atoms with Gasteiger partial charge in [-0.25, -0.2) is 5.43 Å². The van der Waals surface area contributed by atoms with Crippen molar-refractivity contribution in [2.24, 2.45) is 5.10 Å². The molecule has 1 heterocycles. The Morgan fingerprint density at radius 1 is 1.30 bits per heavy atom. The molecule has 1 aliphatic rings. The van der Waals surface area contributed by atoms with Crippen molar-refractivity contribution in [3.8, 4) is 17.2 Å². The summed E-state index contributed by atoms with van der Waals surface area (Å²) in [5.74, 6) is 1.96. The van der Waals surface area contributed by atoms with Gasteiger partial charge in [0.25, 0.3) is 5.91 Å². The molecule has 142 valence electrons. The molecule has 0 spiro atoms. The summed E-state index contributed by atoms with van der Waals surface area (Å²) >= 11 is 6.15. The van der Waals surface area contributed by atoms with Crippen LogP contribution in [0.15, 0.2) is 41.5 Å². The lowest BCUT2D eigenvalue weighted by Gasteiger charge is -2.10. The summed E-state index contributed by atoms with van der Waals surface area (Å²) in [6.07, 6.45) is 2.52. The summed E-state index contributed by atoms with van der Waals surface area (Å²) in [5.41, 5.74) is 4.27. The number of ether oxygens (including phenoxy) is 3. The number of nitrogens with one attached hydrogen (secondary N) is 1. The van der Waals surface area contributed by atoms with E-state index in [2.05, 4.69) is 24.4 Å². The number of amides is 1. The van der Waals surface area contributed by atoms with Crippen LogP contribution in [0.4, 0.5) is 0 Å². The molecule has 6 nitrogen and oxygen atoms in total. The fourth-order valence-electron chi connectivity index (χ4n) is 2.52. The first-order valence-electron chi connectivity index (χ1n) is 8.70. The van der Waals surface area contributed by atoms with E-state index in [-0.39, 0.29) is 19.3 Å². The summed E-state index contributed by atoms with van der Waals surface area (Å²) in [6, 6.07) is 11.1. The minimum absolute atomic E-state index is 0.130. The Balaban J connectivity index is 1.49. The van der Waals surface area contributed by atoms with Crippen molar-refractivity contribution in [1.29, 1.82) is 0 Å². The molecule has 0 radical (unpaired) electrons. The van der Waals surface area contributed by atoms with Gasteiger partial charge in [-0.2, -0.15) is 5.10 Å². The van der Waals surface area contributed by atoms with E-state index >= 15 is 0 Å². The topological polar surface area (TPSA) is 69.2 Å². The van der Waals surface area contributed by atoms with Crippen molar-refractivity contribution < 1.29 is 19.0 Å². The predicted molar refractivity (Wildman–Crippen MR) is 104 cm³/mol. The predicted octanol–water partition coefficient (Wildman–Crippen LogP) is 4.11. The lowest BCUT2D eigenvalue weighted by atomic mass is 9.99. The number of hydrazone groups is 1. The average Bonchev–Trinajstić information content (AvgIpc) is 3.13. The minimum Gasteiger partial charge on any atom is -0.484 e. The van der Waals surface area contributed by atoms with Gasteiger partial charge in [0.05, 0.1) is 11.2 Å². The summed E-state index contributed by atoms with van der Waals surface area (Å²) in [6.45, 7) is 4.36. The molecule has 0 saturated carbocycles. The summed E-state index contributed by atoms with van der Waals surface area (Å²) < 4.78 is 16.0. The number of hydrogen-bond acceptors (Lipinski definition) is 5. The van der Waals surface area contributed by atoms with Crippen molar-refractivity contribution in [3.63, 3.8) is 0 Å². The van der Waals surface area contributed by atoms with E-state index in [9.17, 15) is 4.79 Å². The summed E-state index contributed by atoms with van der Waals surface area (Å²) in [4.78, 5) is 11.9. The van der Waals surface area contributed by atoms with Crippen LogP contribution < -0.4 is 19.6 Å². The van der Waals surface area contributed by atoms with E-state index in [1.54, 1.807) is 12.1 Å². The summed E-state index contributed by atoms with van der Waals surface area (Å²) in [5, 5.41) is 4.36. The normalized spacial score (nSPS) is 13.6. The van der Waals surface area contributed by atoms with Crippen LogP contribution in [0.25, 0.3) is 0 Å². The first-order chi connectivity index (χ1) is 13.1. The number of rotatable bonds is 7. The monoisotopic (exact) mass is 388 g/mol. The lowest BCUT2D eigenvalue weighted by Crippen LogP contribution is -2.24. The van der Waals surface area contributed by atoms with Crippen molar-refractivity contribution in [2.75, 3.05) is 13.4 Å². The number of halogens is 1. The van der Waals surface area contributed by atoms with Gasteiger partial charge in [0, 0.05) is 11.6 Å². The second-order valence-electron chi connectivity index (χ2n) is 6.19. The maximum absolute atomic E-state index is 11.9. The van der Waals surface area contributed by atoms with Crippen LogP contribution in [0.1, 0.15) is 37.3 Å². The molecule has 3 rings (SSSR count). The molecule has 1 atom stereocenters. The number of fused-ring (bicyclic) bond motifs is 1. The number of nitrogens with zero attached hydrogens (tertiary/aromatic N) is 1. The van der Waals surface area contributed by atoms with Crippen LogP contribution in [-0.2, 0) is 4.79 Å². The first kappa shape index (κ1) is 19.0. The molecular weight excluding hydrogens is 368 g/mol. The van der Waals surface area contributed by atoms with Gasteiger partial charge in [-0.05, 0) is 36.1 Å². The van der Waals surface area contributed by atoms with Crippen molar-refractivity contribution in [2.45, 2.75) is 26.2 Å². The third-order valence-electron chi connectivity index (χ3n) is 4.32. The van der Waals surface area contributed by atoms with Gasteiger partial charge in [0.2, 0.25) is 6.79 Å². The van der Waals surface area contributed by atoms with Crippen LogP contribution in [0.5, 0.6) is 17.2 Å². The minimum atomic E-state index is -0.367. The smallest absolute Gasteiger partial charge is 0.277 e. The summed E-state index contributed by atoms with van der Waals surface area (Å²) in [7, 11) is 0. The Bertz CT molecular complexity index is 837. The highest BCUT2D eigenvalue weighted by Crippen LogP contribution is 2.36. The highest BCUT2D eigenvalue weighted by atomic mass is 35.5.